The molecule has 1 heterocycles. The molecule has 1 saturated heterocycles. The van der Waals surface area contributed by atoms with Crippen molar-refractivity contribution in [2.75, 3.05) is 31.5 Å². The van der Waals surface area contributed by atoms with Crippen molar-refractivity contribution in [1.82, 2.24) is 10.2 Å². The molecule has 20 heavy (non-hydrogen) atoms. The van der Waals surface area contributed by atoms with Gasteiger partial charge in [-0.2, -0.15) is 0 Å². The summed E-state index contributed by atoms with van der Waals surface area (Å²) < 4.78 is 13.0. The van der Waals surface area contributed by atoms with Gasteiger partial charge in [0.25, 0.3) is 0 Å². The van der Waals surface area contributed by atoms with Crippen molar-refractivity contribution in [1.29, 1.82) is 0 Å². The number of amides is 1. The Morgan fingerprint density at radius 2 is 2.35 bits per heavy atom. The van der Waals surface area contributed by atoms with Crippen LogP contribution in [0.2, 0.25) is 0 Å². The van der Waals surface area contributed by atoms with Gasteiger partial charge >= 0.3 is 0 Å². The number of anilines is 1. The van der Waals surface area contributed by atoms with Gasteiger partial charge in [-0.25, -0.2) is 4.39 Å². The standard InChI is InChI=1S/C14H20FN3O.ClH/c1-11-10-16-6-8-18(11)7-5-14(19)17-13-4-2-3-12(15)9-13;/h2-4,9,11,16H,5-8,10H2,1H3,(H,17,19);1H/t11-;/m1./s1. The van der Waals surface area contributed by atoms with E-state index in [0.29, 0.717) is 18.2 Å². The first-order valence-electron chi connectivity index (χ1n) is 6.65. The monoisotopic (exact) mass is 301 g/mol. The third-order valence-electron chi connectivity index (χ3n) is 3.37. The van der Waals surface area contributed by atoms with Gasteiger partial charge in [0.2, 0.25) is 5.91 Å². The van der Waals surface area contributed by atoms with E-state index in [1.807, 2.05) is 0 Å². The van der Waals surface area contributed by atoms with E-state index < -0.39 is 0 Å². The fraction of sp³-hybridized carbons (Fsp3) is 0.500. The third kappa shape index (κ3) is 5.07. The molecule has 0 bridgehead atoms. The van der Waals surface area contributed by atoms with E-state index in [4.69, 9.17) is 0 Å². The van der Waals surface area contributed by atoms with Gasteiger partial charge in [0.1, 0.15) is 5.82 Å². The Morgan fingerprint density at radius 3 is 3.05 bits per heavy atom. The molecule has 0 radical (unpaired) electrons. The molecule has 2 N–H and O–H groups in total. The molecule has 112 valence electrons. The first-order chi connectivity index (χ1) is 9.15. The van der Waals surface area contributed by atoms with Crippen LogP contribution in [0.25, 0.3) is 0 Å². The second kappa shape index (κ2) is 8.19. The largest absolute Gasteiger partial charge is 0.326 e. The summed E-state index contributed by atoms with van der Waals surface area (Å²) in [5.74, 6) is -0.412. The molecule has 1 amide bonds. The highest BCUT2D eigenvalue weighted by Gasteiger charge is 2.18. The first kappa shape index (κ1) is 16.9. The van der Waals surface area contributed by atoms with Gasteiger partial charge in [-0.15, -0.1) is 12.4 Å². The van der Waals surface area contributed by atoms with Crippen molar-refractivity contribution in [2.45, 2.75) is 19.4 Å². The minimum absolute atomic E-state index is 0. The summed E-state index contributed by atoms with van der Waals surface area (Å²) in [6.07, 6.45) is 0.431. The average molecular weight is 302 g/mol. The van der Waals surface area contributed by atoms with E-state index in [-0.39, 0.29) is 24.1 Å². The molecular weight excluding hydrogens is 281 g/mol. The number of carbonyl (C=O) groups is 1. The van der Waals surface area contributed by atoms with Crippen LogP contribution in [0.5, 0.6) is 0 Å². The summed E-state index contributed by atoms with van der Waals surface area (Å²) >= 11 is 0. The van der Waals surface area contributed by atoms with Crippen molar-refractivity contribution < 1.29 is 9.18 Å². The molecule has 0 aliphatic carbocycles. The van der Waals surface area contributed by atoms with E-state index >= 15 is 0 Å². The van der Waals surface area contributed by atoms with E-state index in [0.717, 1.165) is 26.2 Å². The fourth-order valence-electron chi connectivity index (χ4n) is 2.25. The number of nitrogens with zero attached hydrogens (tertiary/aromatic N) is 1. The van der Waals surface area contributed by atoms with E-state index in [9.17, 15) is 9.18 Å². The third-order valence-corrected chi connectivity index (χ3v) is 3.37. The summed E-state index contributed by atoms with van der Waals surface area (Å²) in [6.45, 7) is 5.79. The number of hydrogen-bond donors (Lipinski definition) is 2. The van der Waals surface area contributed by atoms with Gasteiger partial charge in [0.15, 0.2) is 0 Å². The second-order valence-corrected chi connectivity index (χ2v) is 4.90. The van der Waals surface area contributed by atoms with Gasteiger partial charge in [0, 0.05) is 44.3 Å². The Kier molecular flexibility index (Phi) is 6.91. The molecule has 2 rings (SSSR count). The summed E-state index contributed by atoms with van der Waals surface area (Å²) in [6, 6.07) is 6.41. The zero-order valence-electron chi connectivity index (χ0n) is 11.6. The Hall–Kier alpha value is -1.17. The Labute approximate surface area is 125 Å². The molecule has 0 spiro atoms. The molecule has 1 aromatic carbocycles. The van der Waals surface area contributed by atoms with Crippen molar-refractivity contribution in [2.24, 2.45) is 0 Å². The number of carbonyl (C=O) groups excluding carboxylic acids is 1. The lowest BCUT2D eigenvalue weighted by atomic mass is 10.2. The highest BCUT2D eigenvalue weighted by atomic mass is 35.5. The maximum absolute atomic E-state index is 13.0. The second-order valence-electron chi connectivity index (χ2n) is 4.90. The summed E-state index contributed by atoms with van der Waals surface area (Å²) in [7, 11) is 0. The van der Waals surface area contributed by atoms with E-state index in [2.05, 4.69) is 22.5 Å². The Morgan fingerprint density at radius 1 is 1.55 bits per heavy atom. The van der Waals surface area contributed by atoms with Crippen molar-refractivity contribution in [3.63, 3.8) is 0 Å². The molecule has 0 saturated carbocycles. The molecule has 1 atom stereocenters. The molecular formula is C14H21ClFN3O. The normalized spacial score (nSPS) is 19.2. The maximum Gasteiger partial charge on any atom is 0.225 e. The minimum Gasteiger partial charge on any atom is -0.326 e. The summed E-state index contributed by atoms with van der Waals surface area (Å²) in [5.41, 5.74) is 0.512. The number of nitrogens with one attached hydrogen (secondary N) is 2. The van der Waals surface area contributed by atoms with Crippen LogP contribution < -0.4 is 10.6 Å². The van der Waals surface area contributed by atoms with E-state index in [1.54, 1.807) is 12.1 Å². The van der Waals surface area contributed by atoms with Gasteiger partial charge in [-0.05, 0) is 25.1 Å². The summed E-state index contributed by atoms with van der Waals surface area (Å²) in [4.78, 5) is 14.1. The molecule has 1 fully saturated rings. The number of hydrogen-bond acceptors (Lipinski definition) is 3. The Balaban J connectivity index is 0.00000200. The highest BCUT2D eigenvalue weighted by Crippen LogP contribution is 2.10. The van der Waals surface area contributed by atoms with Crippen molar-refractivity contribution in [3.05, 3.63) is 30.1 Å². The topological polar surface area (TPSA) is 44.4 Å². The quantitative estimate of drug-likeness (QED) is 0.892. The van der Waals surface area contributed by atoms with Crippen LogP contribution in [0.1, 0.15) is 13.3 Å². The predicted octanol–water partition coefficient (Wildman–Crippen LogP) is 1.87. The molecule has 1 aliphatic heterocycles. The van der Waals surface area contributed by atoms with Crippen LogP contribution in [-0.4, -0.2) is 43.0 Å². The van der Waals surface area contributed by atoms with Gasteiger partial charge in [0.05, 0.1) is 0 Å². The maximum atomic E-state index is 13.0. The van der Waals surface area contributed by atoms with E-state index in [1.165, 1.54) is 12.1 Å². The molecule has 1 aliphatic rings. The lowest BCUT2D eigenvalue weighted by molar-refractivity contribution is -0.116. The lowest BCUT2D eigenvalue weighted by Gasteiger charge is -2.33. The van der Waals surface area contributed by atoms with Crippen LogP contribution in [0.3, 0.4) is 0 Å². The molecule has 0 unspecified atom stereocenters. The van der Waals surface area contributed by atoms with Crippen LogP contribution in [0, 0.1) is 5.82 Å². The first-order valence-corrected chi connectivity index (χ1v) is 6.65. The highest BCUT2D eigenvalue weighted by molar-refractivity contribution is 5.90. The minimum atomic E-state index is -0.339. The van der Waals surface area contributed by atoms with Gasteiger partial charge in [-0.1, -0.05) is 6.07 Å². The number of rotatable bonds is 4. The number of halogens is 2. The van der Waals surface area contributed by atoms with Crippen LogP contribution in [0.15, 0.2) is 24.3 Å². The van der Waals surface area contributed by atoms with Crippen LogP contribution in [-0.2, 0) is 4.79 Å². The van der Waals surface area contributed by atoms with Gasteiger partial charge < -0.3 is 10.6 Å². The summed E-state index contributed by atoms with van der Waals surface area (Å²) in [5, 5.41) is 6.03. The molecule has 0 aromatic heterocycles. The fourth-order valence-corrected chi connectivity index (χ4v) is 2.25. The zero-order valence-corrected chi connectivity index (χ0v) is 12.4. The van der Waals surface area contributed by atoms with Crippen LogP contribution >= 0.6 is 12.4 Å². The van der Waals surface area contributed by atoms with Gasteiger partial charge in [-0.3, -0.25) is 9.69 Å². The molecule has 1 aromatic rings. The zero-order chi connectivity index (χ0) is 13.7. The SMILES string of the molecule is C[C@@H]1CNCCN1CCC(=O)Nc1cccc(F)c1.Cl. The Bertz CT molecular complexity index is 444. The van der Waals surface area contributed by atoms with Crippen molar-refractivity contribution in [3.8, 4) is 0 Å². The van der Waals surface area contributed by atoms with Crippen molar-refractivity contribution >= 4 is 24.0 Å². The lowest BCUT2D eigenvalue weighted by Crippen LogP contribution is -2.50. The average Bonchev–Trinajstić information content (AvgIpc) is 2.38. The van der Waals surface area contributed by atoms with Crippen LogP contribution in [0.4, 0.5) is 10.1 Å². The molecule has 4 nitrogen and oxygen atoms in total. The number of benzene rings is 1. The number of piperazine rings is 1. The molecule has 6 heteroatoms. The smallest absolute Gasteiger partial charge is 0.225 e. The predicted molar refractivity (Wildman–Crippen MR) is 80.8 cm³/mol.